The number of rotatable bonds is 29. The number of aryl methyl sites for hydroxylation is 1. The van der Waals surface area contributed by atoms with Gasteiger partial charge in [0, 0.05) is 0 Å². The van der Waals surface area contributed by atoms with Gasteiger partial charge in [-0.25, -0.2) is 9.55 Å². The molecule has 2 nitrogen and oxygen atoms in total. The monoisotopic (exact) mass is 518 g/mol. The molecule has 0 aliphatic rings. The van der Waals surface area contributed by atoms with Gasteiger partial charge in [0.05, 0.1) is 12.5 Å². The Morgan fingerprint density at radius 3 is 1.14 bits per heavy atom. The Labute approximate surface area is 234 Å². The summed E-state index contributed by atoms with van der Waals surface area (Å²) < 4.78 is 2.45. The SMILES string of the molecule is CCCCCCCCCCCCCCCCC[C@H](CCCCCCCCCCCC)c1[nH]cc[n+]1CC. The highest BCUT2D eigenvalue weighted by atomic mass is 15.1. The van der Waals surface area contributed by atoms with E-state index in [-0.39, 0.29) is 0 Å². The van der Waals surface area contributed by atoms with Gasteiger partial charge in [0.25, 0.3) is 5.82 Å². The van der Waals surface area contributed by atoms with Gasteiger partial charge >= 0.3 is 0 Å². The molecule has 0 aliphatic carbocycles. The summed E-state index contributed by atoms with van der Waals surface area (Å²) in [4.78, 5) is 3.61. The van der Waals surface area contributed by atoms with E-state index in [2.05, 4.69) is 42.7 Å². The smallest absolute Gasteiger partial charge is 0.247 e. The van der Waals surface area contributed by atoms with E-state index >= 15 is 0 Å². The third kappa shape index (κ3) is 19.9. The molecular formula is C35H69N2+. The van der Waals surface area contributed by atoms with E-state index in [1.165, 1.54) is 179 Å². The van der Waals surface area contributed by atoms with Crippen LogP contribution in [0.2, 0.25) is 0 Å². The van der Waals surface area contributed by atoms with Gasteiger partial charge in [-0.15, -0.1) is 0 Å². The van der Waals surface area contributed by atoms with Crippen LogP contribution in [-0.2, 0) is 6.54 Å². The number of hydrogen-bond acceptors (Lipinski definition) is 0. The van der Waals surface area contributed by atoms with Crippen molar-refractivity contribution in [2.75, 3.05) is 0 Å². The van der Waals surface area contributed by atoms with Crippen molar-refractivity contribution in [2.24, 2.45) is 0 Å². The molecule has 1 N–H and O–H groups in total. The molecule has 0 amide bonds. The second kappa shape index (κ2) is 26.8. The van der Waals surface area contributed by atoms with Gasteiger partial charge in [-0.1, -0.05) is 174 Å². The Bertz CT molecular complexity index is 563. The number of nitrogens with one attached hydrogen (secondary N) is 1. The highest BCUT2D eigenvalue weighted by Crippen LogP contribution is 2.26. The Kier molecular flexibility index (Phi) is 24.8. The average Bonchev–Trinajstić information content (AvgIpc) is 3.39. The zero-order valence-electron chi connectivity index (χ0n) is 26.0. The van der Waals surface area contributed by atoms with E-state index < -0.39 is 0 Å². The number of aromatic nitrogens is 2. The van der Waals surface area contributed by atoms with E-state index in [0.29, 0.717) is 0 Å². The zero-order valence-corrected chi connectivity index (χ0v) is 26.0. The predicted molar refractivity (Wildman–Crippen MR) is 165 cm³/mol. The first-order chi connectivity index (χ1) is 18.3. The molecule has 0 radical (unpaired) electrons. The van der Waals surface area contributed by atoms with Crippen molar-refractivity contribution in [1.82, 2.24) is 4.98 Å². The second-order valence-electron chi connectivity index (χ2n) is 12.0. The topological polar surface area (TPSA) is 19.7 Å². The Balaban J connectivity index is 2.07. The number of imidazole rings is 1. The highest BCUT2D eigenvalue weighted by Gasteiger charge is 2.21. The van der Waals surface area contributed by atoms with Crippen LogP contribution in [0.4, 0.5) is 0 Å². The van der Waals surface area contributed by atoms with E-state index in [1.807, 2.05) is 0 Å². The molecule has 0 saturated carbocycles. The Hall–Kier alpha value is -0.790. The van der Waals surface area contributed by atoms with Crippen molar-refractivity contribution < 1.29 is 4.57 Å². The third-order valence-corrected chi connectivity index (χ3v) is 8.58. The van der Waals surface area contributed by atoms with Crippen molar-refractivity contribution in [1.29, 1.82) is 0 Å². The molecule has 1 rings (SSSR count). The van der Waals surface area contributed by atoms with E-state index in [1.54, 1.807) is 0 Å². The summed E-state index contributed by atoms with van der Waals surface area (Å²) in [5.41, 5.74) is 0. The summed E-state index contributed by atoms with van der Waals surface area (Å²) >= 11 is 0. The maximum absolute atomic E-state index is 3.61. The Morgan fingerprint density at radius 1 is 0.486 bits per heavy atom. The molecule has 0 aromatic carbocycles. The number of H-pyrrole nitrogens is 1. The third-order valence-electron chi connectivity index (χ3n) is 8.58. The average molecular weight is 518 g/mol. The quantitative estimate of drug-likeness (QED) is 0.0805. The van der Waals surface area contributed by atoms with E-state index in [9.17, 15) is 0 Å². The van der Waals surface area contributed by atoms with Crippen LogP contribution < -0.4 is 4.57 Å². The zero-order chi connectivity index (χ0) is 26.7. The molecule has 37 heavy (non-hydrogen) atoms. The van der Waals surface area contributed by atoms with Crippen LogP contribution in [-0.4, -0.2) is 4.98 Å². The second-order valence-corrected chi connectivity index (χ2v) is 12.0. The molecule has 1 heterocycles. The fourth-order valence-electron chi connectivity index (χ4n) is 6.06. The normalized spacial score (nSPS) is 12.4. The van der Waals surface area contributed by atoms with Crippen LogP contribution in [0, 0.1) is 0 Å². The van der Waals surface area contributed by atoms with Gasteiger partial charge in [-0.3, -0.25) is 0 Å². The van der Waals surface area contributed by atoms with Crippen molar-refractivity contribution >= 4 is 0 Å². The maximum atomic E-state index is 3.61. The van der Waals surface area contributed by atoms with Gasteiger partial charge in [-0.05, 0) is 19.8 Å². The molecule has 0 bridgehead atoms. The van der Waals surface area contributed by atoms with Crippen molar-refractivity contribution in [3.8, 4) is 0 Å². The lowest BCUT2D eigenvalue weighted by molar-refractivity contribution is -0.701. The van der Waals surface area contributed by atoms with Crippen molar-refractivity contribution in [2.45, 2.75) is 207 Å². The minimum Gasteiger partial charge on any atom is -0.247 e. The minimum atomic E-state index is 0.728. The van der Waals surface area contributed by atoms with Gasteiger partial charge in [-0.2, -0.15) is 0 Å². The molecule has 0 saturated heterocycles. The number of nitrogens with zero attached hydrogens (tertiary/aromatic N) is 1. The van der Waals surface area contributed by atoms with Gasteiger partial charge in [0.1, 0.15) is 12.4 Å². The minimum absolute atomic E-state index is 0.728. The summed E-state index contributed by atoms with van der Waals surface area (Å²) in [5, 5.41) is 0. The molecule has 0 spiro atoms. The lowest BCUT2D eigenvalue weighted by Gasteiger charge is -2.14. The molecule has 1 atom stereocenters. The van der Waals surface area contributed by atoms with E-state index in [4.69, 9.17) is 0 Å². The predicted octanol–water partition coefficient (Wildman–Crippen LogP) is 12.0. The van der Waals surface area contributed by atoms with Gasteiger partial charge < -0.3 is 0 Å². The van der Waals surface area contributed by atoms with Crippen LogP contribution in [0.25, 0.3) is 0 Å². The lowest BCUT2D eigenvalue weighted by atomic mass is 9.93. The summed E-state index contributed by atoms with van der Waals surface area (Å²) in [6.45, 7) is 7.98. The molecule has 2 heteroatoms. The first-order valence-electron chi connectivity index (χ1n) is 17.4. The largest absolute Gasteiger partial charge is 0.257 e. The number of unbranched alkanes of at least 4 members (excludes halogenated alkanes) is 23. The highest BCUT2D eigenvalue weighted by molar-refractivity contribution is 4.90. The fourth-order valence-corrected chi connectivity index (χ4v) is 6.06. The summed E-state index contributed by atoms with van der Waals surface area (Å²) in [6.07, 6.45) is 43.2. The molecule has 0 aliphatic heterocycles. The van der Waals surface area contributed by atoms with Crippen LogP contribution in [0.1, 0.15) is 206 Å². The summed E-state index contributed by atoms with van der Waals surface area (Å²) in [6, 6.07) is 0. The molecule has 0 fully saturated rings. The molecule has 1 aromatic rings. The van der Waals surface area contributed by atoms with Crippen LogP contribution in [0.5, 0.6) is 0 Å². The van der Waals surface area contributed by atoms with Crippen LogP contribution in [0.15, 0.2) is 12.4 Å². The van der Waals surface area contributed by atoms with Crippen molar-refractivity contribution in [3.05, 3.63) is 18.2 Å². The first kappa shape index (κ1) is 34.2. The molecule has 0 unspecified atom stereocenters. The molecule has 218 valence electrons. The molecular weight excluding hydrogens is 448 g/mol. The first-order valence-corrected chi connectivity index (χ1v) is 17.4. The summed E-state index contributed by atoms with van der Waals surface area (Å²) in [5.74, 6) is 2.22. The van der Waals surface area contributed by atoms with E-state index in [0.717, 1.165) is 12.5 Å². The standard InChI is InChI=1S/C35H68N2/c1-4-7-9-11-13-15-17-18-19-20-21-23-25-27-29-31-34(35-36-32-33-37(35)6-3)30-28-26-24-22-16-14-12-10-8-5-2/h32-34H,4-31H2,1-3H3/p+1/t34-/m0/s1. The van der Waals surface area contributed by atoms with Crippen LogP contribution >= 0.6 is 0 Å². The van der Waals surface area contributed by atoms with Gasteiger partial charge in [0.2, 0.25) is 0 Å². The van der Waals surface area contributed by atoms with Gasteiger partial charge in [0.15, 0.2) is 0 Å². The Morgan fingerprint density at radius 2 is 0.811 bits per heavy atom. The number of aromatic amines is 1. The number of hydrogen-bond donors (Lipinski definition) is 1. The fraction of sp³-hybridized carbons (Fsp3) is 0.914. The lowest BCUT2D eigenvalue weighted by Crippen LogP contribution is -2.36. The molecule has 1 aromatic heterocycles. The van der Waals surface area contributed by atoms with Crippen molar-refractivity contribution in [3.63, 3.8) is 0 Å². The maximum Gasteiger partial charge on any atom is 0.257 e. The summed E-state index contributed by atoms with van der Waals surface area (Å²) in [7, 11) is 0. The van der Waals surface area contributed by atoms with Crippen LogP contribution in [0.3, 0.4) is 0 Å².